The lowest BCUT2D eigenvalue weighted by molar-refractivity contribution is 1.01. The van der Waals surface area contributed by atoms with Crippen molar-refractivity contribution in [2.45, 2.75) is 6.92 Å². The van der Waals surface area contributed by atoms with Gasteiger partial charge < -0.3 is 5.73 Å². The van der Waals surface area contributed by atoms with Crippen LogP contribution in [0.25, 0.3) is 17.2 Å². The van der Waals surface area contributed by atoms with Gasteiger partial charge in [-0.15, -0.1) is 0 Å². The summed E-state index contributed by atoms with van der Waals surface area (Å²) in [6, 6.07) is 13.7. The highest BCUT2D eigenvalue weighted by molar-refractivity contribution is 5.62. The fourth-order valence-electron chi connectivity index (χ4n) is 2.06. The fourth-order valence-corrected chi connectivity index (χ4v) is 2.06. The van der Waals surface area contributed by atoms with Gasteiger partial charge in [-0.05, 0) is 19.1 Å². The van der Waals surface area contributed by atoms with Crippen molar-refractivity contribution in [1.82, 2.24) is 14.5 Å². The van der Waals surface area contributed by atoms with E-state index < -0.39 is 0 Å². The van der Waals surface area contributed by atoms with Crippen molar-refractivity contribution in [3.8, 4) is 17.2 Å². The van der Waals surface area contributed by atoms with Gasteiger partial charge >= 0.3 is 0 Å². The van der Waals surface area contributed by atoms with Crippen LogP contribution in [0, 0.1) is 6.92 Å². The van der Waals surface area contributed by atoms with Crippen molar-refractivity contribution in [1.29, 1.82) is 0 Å². The summed E-state index contributed by atoms with van der Waals surface area (Å²) in [5, 5.41) is 0. The van der Waals surface area contributed by atoms with Crippen molar-refractivity contribution in [2.75, 3.05) is 5.73 Å². The van der Waals surface area contributed by atoms with Crippen molar-refractivity contribution in [3.05, 3.63) is 60.6 Å². The molecule has 4 heteroatoms. The minimum atomic E-state index is 0.636. The third kappa shape index (κ3) is 2.08. The minimum Gasteiger partial charge on any atom is -0.396 e. The maximum absolute atomic E-state index is 6.00. The number of nitrogens with zero attached hydrogens (tertiary/aromatic N) is 3. The predicted molar refractivity (Wildman–Crippen MR) is 75.9 cm³/mol. The first-order chi connectivity index (χ1) is 9.25. The summed E-state index contributed by atoms with van der Waals surface area (Å²) in [6.07, 6.45) is 3.68. The van der Waals surface area contributed by atoms with Gasteiger partial charge in [0, 0.05) is 18.0 Å². The number of nitrogens with two attached hydrogens (primary N) is 1. The SMILES string of the molecule is Cc1cn(-c2ncccc2N)c(-c2ccccc2)n1. The zero-order valence-corrected chi connectivity index (χ0v) is 10.6. The van der Waals surface area contributed by atoms with Crippen LogP contribution in [-0.4, -0.2) is 14.5 Å². The number of imidazole rings is 1. The Morgan fingerprint density at radius 1 is 1.05 bits per heavy atom. The quantitative estimate of drug-likeness (QED) is 0.760. The number of aryl methyl sites for hydroxylation is 1. The molecule has 0 radical (unpaired) electrons. The summed E-state index contributed by atoms with van der Waals surface area (Å²) in [5.74, 6) is 1.56. The van der Waals surface area contributed by atoms with Crippen LogP contribution < -0.4 is 5.73 Å². The second-order valence-corrected chi connectivity index (χ2v) is 4.36. The number of rotatable bonds is 2. The van der Waals surface area contributed by atoms with Crippen molar-refractivity contribution < 1.29 is 0 Å². The molecule has 0 bridgehead atoms. The molecule has 0 aliphatic rings. The maximum Gasteiger partial charge on any atom is 0.161 e. The van der Waals surface area contributed by atoms with Gasteiger partial charge in [0.25, 0.3) is 0 Å². The molecular formula is C15H14N4. The van der Waals surface area contributed by atoms with E-state index in [1.165, 1.54) is 0 Å². The second kappa shape index (κ2) is 4.57. The molecule has 0 aliphatic carbocycles. The van der Waals surface area contributed by atoms with Gasteiger partial charge in [-0.2, -0.15) is 0 Å². The Morgan fingerprint density at radius 2 is 1.84 bits per heavy atom. The predicted octanol–water partition coefficient (Wildman–Crippen LogP) is 2.82. The Hall–Kier alpha value is -2.62. The number of pyridine rings is 1. The Labute approximate surface area is 111 Å². The average Bonchev–Trinajstić information content (AvgIpc) is 2.82. The number of benzene rings is 1. The highest BCUT2D eigenvalue weighted by atomic mass is 15.1. The van der Waals surface area contributed by atoms with E-state index in [2.05, 4.69) is 9.97 Å². The fraction of sp³-hybridized carbons (Fsp3) is 0.0667. The van der Waals surface area contributed by atoms with E-state index in [0.29, 0.717) is 11.5 Å². The number of aromatic nitrogens is 3. The summed E-state index contributed by atoms with van der Waals surface area (Å²) < 4.78 is 1.93. The Morgan fingerprint density at radius 3 is 2.58 bits per heavy atom. The molecular weight excluding hydrogens is 236 g/mol. The van der Waals surface area contributed by atoms with Gasteiger partial charge in [0.1, 0.15) is 5.82 Å². The topological polar surface area (TPSA) is 56.7 Å². The normalized spacial score (nSPS) is 10.6. The third-order valence-electron chi connectivity index (χ3n) is 2.90. The highest BCUT2D eigenvalue weighted by Gasteiger charge is 2.12. The molecule has 2 aromatic heterocycles. The lowest BCUT2D eigenvalue weighted by Crippen LogP contribution is -2.03. The van der Waals surface area contributed by atoms with E-state index in [1.54, 1.807) is 6.20 Å². The summed E-state index contributed by atoms with van der Waals surface area (Å²) >= 11 is 0. The molecule has 0 saturated carbocycles. The Balaban J connectivity index is 2.21. The first-order valence-corrected chi connectivity index (χ1v) is 6.08. The molecule has 19 heavy (non-hydrogen) atoms. The first-order valence-electron chi connectivity index (χ1n) is 6.08. The zero-order valence-electron chi connectivity index (χ0n) is 10.6. The highest BCUT2D eigenvalue weighted by Crippen LogP contribution is 2.24. The number of anilines is 1. The summed E-state index contributed by atoms with van der Waals surface area (Å²) in [5.41, 5.74) is 8.61. The molecule has 0 atom stereocenters. The van der Waals surface area contributed by atoms with Crippen LogP contribution in [0.3, 0.4) is 0 Å². The lowest BCUT2D eigenvalue weighted by Gasteiger charge is -2.08. The van der Waals surface area contributed by atoms with Crippen LogP contribution in [-0.2, 0) is 0 Å². The molecule has 0 aliphatic heterocycles. The van der Waals surface area contributed by atoms with Crippen molar-refractivity contribution in [2.24, 2.45) is 0 Å². The molecule has 1 aromatic carbocycles. The van der Waals surface area contributed by atoms with Gasteiger partial charge in [-0.25, -0.2) is 9.97 Å². The third-order valence-corrected chi connectivity index (χ3v) is 2.90. The molecule has 2 heterocycles. The largest absolute Gasteiger partial charge is 0.396 e. The van der Waals surface area contributed by atoms with E-state index in [4.69, 9.17) is 5.73 Å². The summed E-state index contributed by atoms with van der Waals surface area (Å²) in [7, 11) is 0. The number of hydrogen-bond acceptors (Lipinski definition) is 3. The molecule has 0 saturated heterocycles. The minimum absolute atomic E-state index is 0.636. The van der Waals surface area contributed by atoms with Crippen LogP contribution in [0.5, 0.6) is 0 Å². The van der Waals surface area contributed by atoms with Crippen molar-refractivity contribution in [3.63, 3.8) is 0 Å². The van der Waals surface area contributed by atoms with E-state index in [1.807, 2.05) is 60.2 Å². The standard InChI is InChI=1S/C15H14N4/c1-11-10-19(15-13(16)8-5-9-17-15)14(18-11)12-6-3-2-4-7-12/h2-10H,16H2,1H3. The summed E-state index contributed by atoms with van der Waals surface area (Å²) in [4.78, 5) is 8.91. The van der Waals surface area contributed by atoms with E-state index in [0.717, 1.165) is 17.1 Å². The maximum atomic E-state index is 6.00. The molecule has 2 N–H and O–H groups in total. The molecule has 4 nitrogen and oxygen atoms in total. The molecule has 0 unspecified atom stereocenters. The number of nitrogen functional groups attached to an aromatic ring is 1. The van der Waals surface area contributed by atoms with Crippen LogP contribution in [0.4, 0.5) is 5.69 Å². The Bertz CT molecular complexity index is 701. The van der Waals surface area contributed by atoms with Crippen LogP contribution >= 0.6 is 0 Å². The summed E-state index contributed by atoms with van der Waals surface area (Å²) in [6.45, 7) is 1.96. The van der Waals surface area contributed by atoms with E-state index in [9.17, 15) is 0 Å². The molecule has 0 spiro atoms. The van der Waals surface area contributed by atoms with Crippen molar-refractivity contribution >= 4 is 5.69 Å². The molecule has 3 aromatic rings. The van der Waals surface area contributed by atoms with Gasteiger partial charge in [0.2, 0.25) is 0 Å². The monoisotopic (exact) mass is 250 g/mol. The Kier molecular flexibility index (Phi) is 2.76. The molecule has 94 valence electrons. The van der Waals surface area contributed by atoms with Crippen LogP contribution in [0.2, 0.25) is 0 Å². The second-order valence-electron chi connectivity index (χ2n) is 4.36. The zero-order chi connectivity index (χ0) is 13.2. The average molecular weight is 250 g/mol. The first kappa shape index (κ1) is 11.5. The van der Waals surface area contributed by atoms with E-state index in [-0.39, 0.29) is 0 Å². The van der Waals surface area contributed by atoms with Gasteiger partial charge in [0.15, 0.2) is 5.82 Å². The van der Waals surface area contributed by atoms with E-state index >= 15 is 0 Å². The van der Waals surface area contributed by atoms with Crippen LogP contribution in [0.15, 0.2) is 54.9 Å². The smallest absolute Gasteiger partial charge is 0.161 e. The molecule has 3 rings (SSSR count). The molecule has 0 fully saturated rings. The van der Waals surface area contributed by atoms with Gasteiger partial charge in [-0.1, -0.05) is 30.3 Å². The lowest BCUT2D eigenvalue weighted by atomic mass is 10.2. The van der Waals surface area contributed by atoms with Crippen LogP contribution in [0.1, 0.15) is 5.69 Å². The molecule has 0 amide bonds. The number of hydrogen-bond donors (Lipinski definition) is 1. The van der Waals surface area contributed by atoms with Gasteiger partial charge in [-0.3, -0.25) is 4.57 Å². The van der Waals surface area contributed by atoms with Gasteiger partial charge in [0.05, 0.1) is 11.4 Å².